The molecule has 92 valence electrons. The van der Waals surface area contributed by atoms with Crippen LogP contribution in [0.4, 0.5) is 0 Å². The highest BCUT2D eigenvalue weighted by Crippen LogP contribution is 2.31. The Hall–Kier alpha value is -0.130. The van der Waals surface area contributed by atoms with E-state index >= 15 is 0 Å². The van der Waals surface area contributed by atoms with Crippen molar-refractivity contribution in [3.63, 3.8) is 0 Å². The molecular formula is C10H22O4S. The lowest BCUT2D eigenvalue weighted by Gasteiger charge is -2.33. The molecule has 0 heterocycles. The Morgan fingerprint density at radius 3 is 1.93 bits per heavy atom. The maximum Gasteiger partial charge on any atom is 0.150 e. The topological polar surface area (TPSA) is 74.6 Å². The minimum absolute atomic E-state index is 0.0306. The van der Waals surface area contributed by atoms with E-state index in [4.69, 9.17) is 0 Å². The highest BCUT2D eigenvalue weighted by Gasteiger charge is 2.33. The summed E-state index contributed by atoms with van der Waals surface area (Å²) in [6.45, 7) is 5.00. The van der Waals surface area contributed by atoms with Gasteiger partial charge in [0.15, 0.2) is 0 Å². The highest BCUT2D eigenvalue weighted by molar-refractivity contribution is 7.91. The van der Waals surface area contributed by atoms with Crippen LogP contribution in [-0.2, 0) is 9.84 Å². The summed E-state index contributed by atoms with van der Waals surface area (Å²) in [7, 11) is -3.03. The quantitative estimate of drug-likeness (QED) is 0.675. The van der Waals surface area contributed by atoms with Crippen LogP contribution in [0.1, 0.15) is 27.2 Å². The van der Waals surface area contributed by atoms with Crippen LogP contribution >= 0.6 is 0 Å². The van der Waals surface area contributed by atoms with Gasteiger partial charge in [0.1, 0.15) is 9.84 Å². The largest absolute Gasteiger partial charge is 0.396 e. The van der Waals surface area contributed by atoms with Crippen LogP contribution in [0.2, 0.25) is 0 Å². The van der Waals surface area contributed by atoms with Gasteiger partial charge in [0.25, 0.3) is 0 Å². The van der Waals surface area contributed by atoms with Crippen LogP contribution in [0.25, 0.3) is 0 Å². The number of hydrogen-bond donors (Lipinski definition) is 2. The van der Waals surface area contributed by atoms with E-state index in [1.807, 2.05) is 13.8 Å². The van der Waals surface area contributed by atoms with Gasteiger partial charge < -0.3 is 10.2 Å². The molecule has 0 spiro atoms. The Labute approximate surface area is 92.2 Å². The molecule has 15 heavy (non-hydrogen) atoms. The lowest BCUT2D eigenvalue weighted by Crippen LogP contribution is -2.37. The van der Waals surface area contributed by atoms with E-state index in [9.17, 15) is 18.6 Å². The average Bonchev–Trinajstić information content (AvgIpc) is 2.20. The zero-order valence-corrected chi connectivity index (χ0v) is 10.5. The lowest BCUT2D eigenvalue weighted by molar-refractivity contribution is 0.0136. The van der Waals surface area contributed by atoms with Crippen LogP contribution in [0.5, 0.6) is 0 Å². The standard InChI is InChI=1S/C10H22O4S/c1-4-15(13,14)6-5-10(7-11,8-12)9(2)3/h9,11-12H,4-8H2,1-3H3. The van der Waals surface area contributed by atoms with E-state index in [-0.39, 0.29) is 30.6 Å². The molecule has 5 heteroatoms. The smallest absolute Gasteiger partial charge is 0.150 e. The molecule has 2 N–H and O–H groups in total. The minimum Gasteiger partial charge on any atom is -0.396 e. The summed E-state index contributed by atoms with van der Waals surface area (Å²) >= 11 is 0. The molecule has 0 aliphatic rings. The average molecular weight is 238 g/mol. The summed E-state index contributed by atoms with van der Waals surface area (Å²) in [6, 6.07) is 0. The summed E-state index contributed by atoms with van der Waals surface area (Å²) < 4.78 is 22.7. The van der Waals surface area contributed by atoms with E-state index in [2.05, 4.69) is 0 Å². The first-order valence-corrected chi connectivity index (χ1v) is 7.08. The molecule has 0 bridgehead atoms. The first-order chi connectivity index (χ1) is 6.83. The lowest BCUT2D eigenvalue weighted by atomic mass is 9.76. The van der Waals surface area contributed by atoms with Crippen molar-refractivity contribution in [1.29, 1.82) is 0 Å². The fourth-order valence-corrected chi connectivity index (χ4v) is 2.37. The van der Waals surface area contributed by atoms with Gasteiger partial charge in [-0.15, -0.1) is 0 Å². The molecule has 0 saturated heterocycles. The van der Waals surface area contributed by atoms with Crippen molar-refractivity contribution in [3.05, 3.63) is 0 Å². The Kier molecular flexibility index (Phi) is 5.77. The molecule has 0 aromatic carbocycles. The second kappa shape index (κ2) is 5.82. The monoisotopic (exact) mass is 238 g/mol. The third-order valence-corrected chi connectivity index (χ3v) is 4.91. The maximum atomic E-state index is 11.3. The number of sulfone groups is 1. The van der Waals surface area contributed by atoms with Crippen LogP contribution in [0, 0.1) is 11.3 Å². The van der Waals surface area contributed by atoms with Gasteiger partial charge in [-0.1, -0.05) is 20.8 Å². The first-order valence-electron chi connectivity index (χ1n) is 5.25. The number of aliphatic hydroxyl groups excluding tert-OH is 2. The highest BCUT2D eigenvalue weighted by atomic mass is 32.2. The van der Waals surface area contributed by atoms with Crippen molar-refractivity contribution in [1.82, 2.24) is 0 Å². The first kappa shape index (κ1) is 14.9. The molecule has 0 aromatic heterocycles. The van der Waals surface area contributed by atoms with E-state index in [1.165, 1.54) is 0 Å². The van der Waals surface area contributed by atoms with Gasteiger partial charge in [-0.25, -0.2) is 8.42 Å². The third-order valence-electron chi connectivity index (χ3n) is 3.21. The molecule has 0 saturated carbocycles. The van der Waals surface area contributed by atoms with Gasteiger partial charge >= 0.3 is 0 Å². The van der Waals surface area contributed by atoms with Crippen molar-refractivity contribution in [2.75, 3.05) is 24.7 Å². The van der Waals surface area contributed by atoms with Crippen molar-refractivity contribution in [2.45, 2.75) is 27.2 Å². The van der Waals surface area contributed by atoms with Gasteiger partial charge in [-0.05, 0) is 12.3 Å². The normalized spacial score (nSPS) is 13.5. The fraction of sp³-hybridized carbons (Fsp3) is 1.00. The SMILES string of the molecule is CCS(=O)(=O)CCC(CO)(CO)C(C)C. The van der Waals surface area contributed by atoms with Gasteiger partial charge in [0.05, 0.1) is 19.0 Å². The van der Waals surface area contributed by atoms with E-state index in [0.29, 0.717) is 6.42 Å². The summed E-state index contributed by atoms with van der Waals surface area (Å²) in [5, 5.41) is 18.5. The molecule has 0 atom stereocenters. The van der Waals surface area contributed by atoms with Gasteiger partial charge in [0.2, 0.25) is 0 Å². The van der Waals surface area contributed by atoms with Crippen molar-refractivity contribution in [2.24, 2.45) is 11.3 Å². The molecular weight excluding hydrogens is 216 g/mol. The van der Waals surface area contributed by atoms with E-state index < -0.39 is 15.3 Å². The van der Waals surface area contributed by atoms with Crippen molar-refractivity contribution in [3.8, 4) is 0 Å². The maximum absolute atomic E-state index is 11.3. The predicted octanol–water partition coefficient (Wildman–Crippen LogP) is 0.438. The van der Waals surface area contributed by atoms with Crippen LogP contribution in [0.15, 0.2) is 0 Å². The minimum atomic E-state index is -3.03. The zero-order chi connectivity index (χ0) is 12.1. The van der Waals surface area contributed by atoms with Gasteiger partial charge in [-0.2, -0.15) is 0 Å². The molecule has 0 aliphatic heterocycles. The Balaban J connectivity index is 4.57. The second-order valence-corrected chi connectivity index (χ2v) is 6.79. The van der Waals surface area contributed by atoms with Crippen LogP contribution in [-0.4, -0.2) is 43.4 Å². The predicted molar refractivity (Wildman–Crippen MR) is 60.4 cm³/mol. The van der Waals surface area contributed by atoms with Crippen LogP contribution in [0.3, 0.4) is 0 Å². The number of rotatable bonds is 7. The van der Waals surface area contributed by atoms with E-state index in [0.717, 1.165) is 0 Å². The Bertz CT molecular complexity index is 265. The third kappa shape index (κ3) is 4.09. The van der Waals surface area contributed by atoms with Crippen LogP contribution < -0.4 is 0 Å². The summed E-state index contributed by atoms with van der Waals surface area (Å²) in [5.74, 6) is 0.195. The summed E-state index contributed by atoms with van der Waals surface area (Å²) in [5.41, 5.74) is -0.678. The number of hydrogen-bond acceptors (Lipinski definition) is 4. The second-order valence-electron chi connectivity index (χ2n) is 4.32. The Morgan fingerprint density at radius 2 is 1.67 bits per heavy atom. The van der Waals surface area contributed by atoms with E-state index in [1.54, 1.807) is 6.92 Å². The summed E-state index contributed by atoms with van der Waals surface area (Å²) in [6.07, 6.45) is 0.313. The van der Waals surface area contributed by atoms with Gasteiger partial charge in [0, 0.05) is 11.2 Å². The van der Waals surface area contributed by atoms with Crippen molar-refractivity contribution >= 4 is 9.84 Å². The fourth-order valence-electron chi connectivity index (χ4n) is 1.37. The summed E-state index contributed by atoms with van der Waals surface area (Å²) in [4.78, 5) is 0. The van der Waals surface area contributed by atoms with Crippen molar-refractivity contribution < 1.29 is 18.6 Å². The zero-order valence-electron chi connectivity index (χ0n) is 9.73. The molecule has 0 aliphatic carbocycles. The molecule has 0 aromatic rings. The molecule has 0 fully saturated rings. The molecule has 0 rings (SSSR count). The molecule has 0 radical (unpaired) electrons. The number of aliphatic hydroxyl groups is 2. The molecule has 0 amide bonds. The molecule has 4 nitrogen and oxygen atoms in total. The molecule has 0 unspecified atom stereocenters. The Morgan fingerprint density at radius 1 is 1.20 bits per heavy atom. The van der Waals surface area contributed by atoms with Gasteiger partial charge in [-0.3, -0.25) is 0 Å².